The highest BCUT2D eigenvalue weighted by Crippen LogP contribution is 2.08. The molecule has 0 aliphatic carbocycles. The van der Waals surface area contributed by atoms with E-state index in [1.807, 2.05) is 20.8 Å². The number of urea groups is 1. The number of aliphatic carboxylic acids is 1. The molecular formula is C13H26N2O4. The Bertz CT molecular complexity index is 294. The highest BCUT2D eigenvalue weighted by atomic mass is 16.5. The summed E-state index contributed by atoms with van der Waals surface area (Å²) in [7, 11) is 1.56. The van der Waals surface area contributed by atoms with Gasteiger partial charge in [-0.3, -0.25) is 0 Å². The van der Waals surface area contributed by atoms with E-state index in [4.69, 9.17) is 9.84 Å². The second-order valence-electron chi connectivity index (χ2n) is 5.13. The lowest BCUT2D eigenvalue weighted by molar-refractivity contribution is -0.140. The van der Waals surface area contributed by atoms with Crippen LogP contribution in [0.2, 0.25) is 0 Å². The summed E-state index contributed by atoms with van der Waals surface area (Å²) in [4.78, 5) is 22.9. The van der Waals surface area contributed by atoms with Gasteiger partial charge in [-0.25, -0.2) is 9.59 Å². The molecule has 0 fully saturated rings. The molecule has 0 aromatic heterocycles. The fourth-order valence-corrected chi connectivity index (χ4v) is 1.61. The summed E-state index contributed by atoms with van der Waals surface area (Å²) in [6.45, 7) is 8.02. The van der Waals surface area contributed by atoms with E-state index < -0.39 is 18.0 Å². The van der Waals surface area contributed by atoms with E-state index in [9.17, 15) is 9.59 Å². The maximum absolute atomic E-state index is 11.8. The second-order valence-corrected chi connectivity index (χ2v) is 5.13. The van der Waals surface area contributed by atoms with Crippen LogP contribution in [0.15, 0.2) is 0 Å². The molecule has 0 radical (unpaired) electrons. The molecular weight excluding hydrogens is 248 g/mol. The Morgan fingerprint density at radius 2 is 1.79 bits per heavy atom. The molecule has 3 N–H and O–H groups in total. The van der Waals surface area contributed by atoms with E-state index in [0.29, 0.717) is 13.0 Å². The van der Waals surface area contributed by atoms with Gasteiger partial charge in [0.25, 0.3) is 0 Å². The van der Waals surface area contributed by atoms with Crippen LogP contribution in [0.4, 0.5) is 4.79 Å². The van der Waals surface area contributed by atoms with Crippen LogP contribution in [0.3, 0.4) is 0 Å². The minimum absolute atomic E-state index is 0.122. The zero-order valence-electron chi connectivity index (χ0n) is 12.4. The Hall–Kier alpha value is -1.30. The van der Waals surface area contributed by atoms with Gasteiger partial charge in [0.2, 0.25) is 0 Å². The molecule has 2 unspecified atom stereocenters. The molecule has 112 valence electrons. The first kappa shape index (κ1) is 17.7. The molecule has 0 saturated heterocycles. The predicted octanol–water partition coefficient (Wildman–Crippen LogP) is 1.46. The number of carbonyl (C=O) groups is 2. The lowest BCUT2D eigenvalue weighted by atomic mass is 9.99. The van der Waals surface area contributed by atoms with Crippen molar-refractivity contribution in [2.45, 2.75) is 46.2 Å². The Labute approximate surface area is 114 Å². The molecule has 0 rings (SSSR count). The van der Waals surface area contributed by atoms with E-state index in [-0.39, 0.29) is 17.9 Å². The highest BCUT2D eigenvalue weighted by Gasteiger charge is 2.26. The molecule has 0 bridgehead atoms. The number of amides is 2. The number of rotatable bonds is 8. The Balaban J connectivity index is 4.51. The third-order valence-electron chi connectivity index (χ3n) is 3.23. The van der Waals surface area contributed by atoms with Crippen molar-refractivity contribution < 1.29 is 19.4 Å². The summed E-state index contributed by atoms with van der Waals surface area (Å²) in [5.74, 6) is -0.932. The van der Waals surface area contributed by atoms with Crippen LogP contribution >= 0.6 is 0 Å². The van der Waals surface area contributed by atoms with Crippen LogP contribution < -0.4 is 10.6 Å². The van der Waals surface area contributed by atoms with Gasteiger partial charge in [-0.05, 0) is 11.8 Å². The van der Waals surface area contributed by atoms with Gasteiger partial charge in [0, 0.05) is 7.11 Å². The lowest BCUT2D eigenvalue weighted by Gasteiger charge is -2.25. The third-order valence-corrected chi connectivity index (χ3v) is 3.23. The SMILES string of the molecule is CCC(C)[C@H](NC(=O)NC(COC)C(C)C)C(=O)O. The molecule has 2 amide bonds. The number of methoxy groups -OCH3 is 1. The first-order valence-electron chi connectivity index (χ1n) is 6.62. The van der Waals surface area contributed by atoms with E-state index in [2.05, 4.69) is 10.6 Å². The first-order chi connectivity index (χ1) is 8.83. The fourth-order valence-electron chi connectivity index (χ4n) is 1.61. The molecule has 0 aliphatic heterocycles. The third kappa shape index (κ3) is 6.42. The van der Waals surface area contributed by atoms with Crippen molar-refractivity contribution in [2.24, 2.45) is 11.8 Å². The number of carboxylic acids is 1. The molecule has 0 aliphatic rings. The van der Waals surface area contributed by atoms with Crippen molar-refractivity contribution in [1.82, 2.24) is 10.6 Å². The largest absolute Gasteiger partial charge is 0.480 e. The predicted molar refractivity (Wildman–Crippen MR) is 73.0 cm³/mol. The Morgan fingerprint density at radius 3 is 2.16 bits per heavy atom. The average Bonchev–Trinajstić information content (AvgIpc) is 2.34. The number of nitrogens with one attached hydrogen (secondary N) is 2. The van der Waals surface area contributed by atoms with Crippen molar-refractivity contribution >= 4 is 12.0 Å². The molecule has 0 spiro atoms. The van der Waals surface area contributed by atoms with Gasteiger partial charge in [0.1, 0.15) is 6.04 Å². The van der Waals surface area contributed by atoms with Gasteiger partial charge in [-0.2, -0.15) is 0 Å². The van der Waals surface area contributed by atoms with E-state index in [1.165, 1.54) is 0 Å². The molecule has 0 aromatic rings. The monoisotopic (exact) mass is 274 g/mol. The van der Waals surface area contributed by atoms with Gasteiger partial charge >= 0.3 is 12.0 Å². The number of carbonyl (C=O) groups excluding carboxylic acids is 1. The average molecular weight is 274 g/mol. The number of hydrogen-bond acceptors (Lipinski definition) is 3. The topological polar surface area (TPSA) is 87.7 Å². The molecule has 0 aromatic carbocycles. The van der Waals surface area contributed by atoms with Crippen molar-refractivity contribution in [2.75, 3.05) is 13.7 Å². The summed E-state index contributed by atoms with van der Waals surface area (Å²) >= 11 is 0. The highest BCUT2D eigenvalue weighted by molar-refractivity contribution is 5.82. The van der Waals surface area contributed by atoms with Crippen molar-refractivity contribution in [3.63, 3.8) is 0 Å². The Kier molecular flexibility index (Phi) is 8.14. The lowest BCUT2D eigenvalue weighted by Crippen LogP contribution is -2.53. The van der Waals surface area contributed by atoms with E-state index in [1.54, 1.807) is 14.0 Å². The van der Waals surface area contributed by atoms with Crippen LogP contribution in [0, 0.1) is 11.8 Å². The zero-order chi connectivity index (χ0) is 15.0. The molecule has 0 heterocycles. The molecule has 3 atom stereocenters. The number of carboxylic acid groups (broad SMARTS) is 1. The van der Waals surface area contributed by atoms with Gasteiger partial charge in [-0.1, -0.05) is 34.1 Å². The first-order valence-corrected chi connectivity index (χ1v) is 6.62. The number of ether oxygens (including phenoxy) is 1. The van der Waals surface area contributed by atoms with Crippen LogP contribution in [0.25, 0.3) is 0 Å². The van der Waals surface area contributed by atoms with Crippen LogP contribution in [-0.4, -0.2) is 42.9 Å². The van der Waals surface area contributed by atoms with Gasteiger partial charge in [0.15, 0.2) is 0 Å². The Morgan fingerprint density at radius 1 is 1.21 bits per heavy atom. The normalized spacial score (nSPS) is 15.7. The maximum Gasteiger partial charge on any atom is 0.326 e. The standard InChI is InChI=1S/C13H26N2O4/c1-6-9(4)11(12(16)17)15-13(18)14-10(7-19-5)8(2)3/h8-11H,6-7H2,1-5H3,(H,16,17)(H2,14,15,18)/t9?,10?,11-/m0/s1. The van der Waals surface area contributed by atoms with E-state index in [0.717, 1.165) is 0 Å². The van der Waals surface area contributed by atoms with Gasteiger partial charge < -0.3 is 20.5 Å². The minimum Gasteiger partial charge on any atom is -0.480 e. The molecule has 6 nitrogen and oxygen atoms in total. The molecule has 6 heteroatoms. The summed E-state index contributed by atoms with van der Waals surface area (Å²) in [5, 5.41) is 14.4. The smallest absolute Gasteiger partial charge is 0.326 e. The van der Waals surface area contributed by atoms with Crippen molar-refractivity contribution in [3.05, 3.63) is 0 Å². The minimum atomic E-state index is -1.02. The quantitative estimate of drug-likeness (QED) is 0.625. The molecule has 0 saturated carbocycles. The number of hydrogen-bond donors (Lipinski definition) is 3. The van der Waals surface area contributed by atoms with Crippen LogP contribution in [-0.2, 0) is 9.53 Å². The fraction of sp³-hybridized carbons (Fsp3) is 0.846. The summed E-state index contributed by atoms with van der Waals surface area (Å²) < 4.78 is 5.03. The molecule has 19 heavy (non-hydrogen) atoms. The summed E-state index contributed by atoms with van der Waals surface area (Å²) in [6, 6.07) is -1.49. The van der Waals surface area contributed by atoms with Crippen LogP contribution in [0.5, 0.6) is 0 Å². The van der Waals surface area contributed by atoms with Crippen molar-refractivity contribution in [3.8, 4) is 0 Å². The zero-order valence-corrected chi connectivity index (χ0v) is 12.4. The summed E-state index contributed by atoms with van der Waals surface area (Å²) in [5.41, 5.74) is 0. The van der Waals surface area contributed by atoms with Crippen LogP contribution in [0.1, 0.15) is 34.1 Å². The maximum atomic E-state index is 11.8. The van der Waals surface area contributed by atoms with Gasteiger partial charge in [-0.15, -0.1) is 0 Å². The summed E-state index contributed by atoms with van der Waals surface area (Å²) in [6.07, 6.45) is 0.683. The second kappa shape index (κ2) is 8.74. The van der Waals surface area contributed by atoms with E-state index >= 15 is 0 Å². The van der Waals surface area contributed by atoms with Gasteiger partial charge in [0.05, 0.1) is 12.6 Å². The van der Waals surface area contributed by atoms with Crippen molar-refractivity contribution in [1.29, 1.82) is 0 Å².